The lowest BCUT2D eigenvalue weighted by Gasteiger charge is -2.06. The molecule has 0 amide bonds. The van der Waals surface area contributed by atoms with Crippen LogP contribution in [0.4, 0.5) is 0 Å². The van der Waals surface area contributed by atoms with E-state index in [1.807, 2.05) is 0 Å². The quantitative estimate of drug-likeness (QED) is 0.922. The third-order valence-electron chi connectivity index (χ3n) is 1.96. The lowest BCUT2D eigenvalue weighted by atomic mass is 10.2. The number of aromatic nitrogens is 4. The van der Waals surface area contributed by atoms with Gasteiger partial charge in [-0.2, -0.15) is 4.68 Å². The highest BCUT2D eigenvalue weighted by atomic mass is 79.9. The van der Waals surface area contributed by atoms with Gasteiger partial charge < -0.3 is 9.84 Å². The van der Waals surface area contributed by atoms with E-state index in [2.05, 4.69) is 31.5 Å². The minimum Gasteiger partial charge on any atom is -0.478 e. The molecule has 7 nitrogen and oxygen atoms in total. The largest absolute Gasteiger partial charge is 0.478 e. The molecule has 0 spiro atoms. The maximum Gasteiger partial charge on any atom is 0.340 e. The Hall–Kier alpha value is -1.96. The normalized spacial score (nSPS) is 10.2. The lowest BCUT2D eigenvalue weighted by Crippen LogP contribution is -1.99. The average molecular weight is 299 g/mol. The van der Waals surface area contributed by atoms with Gasteiger partial charge in [-0.15, -0.1) is 0 Å². The summed E-state index contributed by atoms with van der Waals surface area (Å²) in [6.07, 6.45) is 0. The summed E-state index contributed by atoms with van der Waals surface area (Å²) in [4.78, 5) is 10.8. The number of carboxylic acid groups (broad SMARTS) is 1. The minimum absolute atomic E-state index is 0.123. The first kappa shape index (κ1) is 11.5. The van der Waals surface area contributed by atoms with Crippen molar-refractivity contribution < 1.29 is 14.6 Å². The summed E-state index contributed by atoms with van der Waals surface area (Å²) < 4.78 is 7.34. The number of rotatable bonds is 3. The van der Waals surface area contributed by atoms with Crippen molar-refractivity contribution in [2.45, 2.75) is 0 Å². The average Bonchev–Trinajstić information content (AvgIpc) is 2.67. The highest BCUT2D eigenvalue weighted by molar-refractivity contribution is 9.10. The zero-order valence-electron chi connectivity index (χ0n) is 8.66. The first-order valence-corrected chi connectivity index (χ1v) is 5.30. The van der Waals surface area contributed by atoms with E-state index in [4.69, 9.17) is 9.84 Å². The van der Waals surface area contributed by atoms with Gasteiger partial charge in [-0.25, -0.2) is 4.79 Å². The number of nitrogens with zero attached hydrogens (tertiary/aromatic N) is 4. The van der Waals surface area contributed by atoms with Crippen LogP contribution in [0.15, 0.2) is 22.7 Å². The number of aryl methyl sites for hydroxylation is 1. The van der Waals surface area contributed by atoms with Crippen molar-refractivity contribution in [1.82, 2.24) is 20.2 Å². The van der Waals surface area contributed by atoms with Crippen molar-refractivity contribution in [3.8, 4) is 11.8 Å². The van der Waals surface area contributed by atoms with Gasteiger partial charge in [-0.3, -0.25) is 0 Å². The molecule has 1 heterocycles. The van der Waals surface area contributed by atoms with Crippen LogP contribution in [0.2, 0.25) is 0 Å². The molecule has 0 fully saturated rings. The molecule has 0 aliphatic carbocycles. The molecule has 2 aromatic rings. The molecule has 1 aromatic carbocycles. The third-order valence-corrected chi connectivity index (χ3v) is 2.62. The molecule has 8 heteroatoms. The molecule has 88 valence electrons. The Bertz CT molecular complexity index is 569. The molecular formula is C9H7BrN4O3. The van der Waals surface area contributed by atoms with E-state index < -0.39 is 5.97 Å². The fraction of sp³-hybridized carbons (Fsp3) is 0.111. The number of carboxylic acids is 1. The highest BCUT2D eigenvalue weighted by Crippen LogP contribution is 2.29. The number of halogens is 1. The summed E-state index contributed by atoms with van der Waals surface area (Å²) in [6.45, 7) is 0. The van der Waals surface area contributed by atoms with Crippen molar-refractivity contribution in [2.24, 2.45) is 7.05 Å². The Morgan fingerprint density at radius 1 is 1.53 bits per heavy atom. The van der Waals surface area contributed by atoms with E-state index in [-0.39, 0.29) is 11.6 Å². The maximum atomic E-state index is 10.8. The van der Waals surface area contributed by atoms with Crippen LogP contribution in [0.5, 0.6) is 11.8 Å². The predicted octanol–water partition coefficient (Wildman–Crippen LogP) is 1.46. The molecule has 0 aliphatic rings. The first-order valence-electron chi connectivity index (χ1n) is 4.51. The van der Waals surface area contributed by atoms with Gasteiger partial charge in [0.25, 0.3) is 0 Å². The van der Waals surface area contributed by atoms with Crippen molar-refractivity contribution >= 4 is 21.9 Å². The van der Waals surface area contributed by atoms with E-state index in [1.54, 1.807) is 13.1 Å². The summed E-state index contributed by atoms with van der Waals surface area (Å²) in [6, 6.07) is 4.62. The minimum atomic E-state index is -1.03. The summed E-state index contributed by atoms with van der Waals surface area (Å²) in [5.41, 5.74) is 0.123. The van der Waals surface area contributed by atoms with Crippen LogP contribution in [0, 0.1) is 0 Å². The predicted molar refractivity (Wildman–Crippen MR) is 60.0 cm³/mol. The monoisotopic (exact) mass is 298 g/mol. The maximum absolute atomic E-state index is 10.8. The Morgan fingerprint density at radius 3 is 2.88 bits per heavy atom. The van der Waals surface area contributed by atoms with Gasteiger partial charge in [0.05, 0.1) is 10.0 Å². The second-order valence-corrected chi connectivity index (χ2v) is 3.99. The number of ether oxygens (including phenoxy) is 1. The molecule has 0 unspecified atom stereocenters. The van der Waals surface area contributed by atoms with Crippen LogP contribution in [0.25, 0.3) is 0 Å². The molecule has 0 saturated carbocycles. The van der Waals surface area contributed by atoms with E-state index in [9.17, 15) is 4.79 Å². The van der Waals surface area contributed by atoms with Crippen molar-refractivity contribution in [2.75, 3.05) is 0 Å². The topological polar surface area (TPSA) is 90.1 Å². The second kappa shape index (κ2) is 4.50. The van der Waals surface area contributed by atoms with Crippen LogP contribution in [-0.2, 0) is 7.05 Å². The number of hydrogen-bond acceptors (Lipinski definition) is 5. The van der Waals surface area contributed by atoms with E-state index in [0.717, 1.165) is 0 Å². The van der Waals surface area contributed by atoms with Gasteiger partial charge in [0.1, 0.15) is 5.75 Å². The molecule has 0 aliphatic heterocycles. The number of aromatic carboxylic acids is 1. The Morgan fingerprint density at radius 2 is 2.29 bits per heavy atom. The molecule has 2 rings (SSSR count). The number of tetrazole rings is 1. The molecule has 17 heavy (non-hydrogen) atoms. The molecule has 0 bridgehead atoms. The molecule has 0 radical (unpaired) electrons. The number of benzene rings is 1. The van der Waals surface area contributed by atoms with Crippen LogP contribution >= 0.6 is 15.9 Å². The van der Waals surface area contributed by atoms with Crippen LogP contribution in [0.3, 0.4) is 0 Å². The summed E-state index contributed by atoms with van der Waals surface area (Å²) in [5.74, 6) is -0.693. The number of carbonyl (C=O) groups is 1. The van der Waals surface area contributed by atoms with Gasteiger partial charge in [-0.1, -0.05) is 5.10 Å². The second-order valence-electron chi connectivity index (χ2n) is 3.14. The summed E-state index contributed by atoms with van der Waals surface area (Å²) in [5, 5.41) is 19.5. The fourth-order valence-electron chi connectivity index (χ4n) is 1.12. The van der Waals surface area contributed by atoms with E-state index in [1.165, 1.54) is 16.8 Å². The Balaban J connectivity index is 2.35. The van der Waals surface area contributed by atoms with E-state index >= 15 is 0 Å². The van der Waals surface area contributed by atoms with Crippen molar-refractivity contribution in [1.29, 1.82) is 0 Å². The Labute approximate surface area is 104 Å². The zero-order chi connectivity index (χ0) is 12.4. The smallest absolute Gasteiger partial charge is 0.340 e. The van der Waals surface area contributed by atoms with Gasteiger partial charge in [0, 0.05) is 7.05 Å². The van der Waals surface area contributed by atoms with Gasteiger partial charge in [0.15, 0.2) is 0 Å². The third kappa shape index (κ3) is 2.41. The summed E-state index contributed by atoms with van der Waals surface area (Å²) >= 11 is 3.25. The van der Waals surface area contributed by atoms with Crippen molar-refractivity contribution in [3.05, 3.63) is 28.2 Å². The fourth-order valence-corrected chi connectivity index (χ4v) is 1.45. The van der Waals surface area contributed by atoms with E-state index in [0.29, 0.717) is 10.2 Å². The van der Waals surface area contributed by atoms with Crippen LogP contribution in [0.1, 0.15) is 10.4 Å². The van der Waals surface area contributed by atoms with Gasteiger partial charge in [0.2, 0.25) is 0 Å². The van der Waals surface area contributed by atoms with Gasteiger partial charge in [-0.05, 0) is 44.6 Å². The van der Waals surface area contributed by atoms with Crippen molar-refractivity contribution in [3.63, 3.8) is 0 Å². The molecule has 1 aromatic heterocycles. The molecule has 1 N–H and O–H groups in total. The Kier molecular flexibility index (Phi) is 3.05. The van der Waals surface area contributed by atoms with Crippen LogP contribution in [-0.4, -0.2) is 31.3 Å². The number of hydrogen-bond donors (Lipinski definition) is 1. The highest BCUT2D eigenvalue weighted by Gasteiger charge is 2.11. The summed E-state index contributed by atoms with van der Waals surface area (Å²) in [7, 11) is 1.62. The molecular weight excluding hydrogens is 292 g/mol. The van der Waals surface area contributed by atoms with Crippen LogP contribution < -0.4 is 4.74 Å². The van der Waals surface area contributed by atoms with Gasteiger partial charge >= 0.3 is 12.0 Å². The standard InChI is InChI=1S/C9H7BrN4O3/c1-14-9(11-12-13-14)17-7-4-5(8(15)16)2-3-6(7)10/h2-4H,1H3,(H,15,16). The SMILES string of the molecule is Cn1nnnc1Oc1cc(C(=O)O)ccc1Br. The molecule has 0 saturated heterocycles. The molecule has 0 atom stereocenters. The first-order chi connectivity index (χ1) is 8.08. The zero-order valence-corrected chi connectivity index (χ0v) is 10.2. The lowest BCUT2D eigenvalue weighted by molar-refractivity contribution is 0.0696.